The maximum absolute atomic E-state index is 10.4. The molecule has 0 aliphatic heterocycles. The highest BCUT2D eigenvalue weighted by Crippen LogP contribution is 2.22. The number of aldehydes is 1. The minimum absolute atomic E-state index is 0.421. The molecule has 86 valence electrons. The SMILES string of the molecule is CN(CC=O)c1ccc(-c2ccccc2)cc1. The molecule has 0 radical (unpaired) electrons. The largest absolute Gasteiger partial charge is 0.368 e. The Morgan fingerprint density at radius 1 is 0.941 bits per heavy atom. The van der Waals surface area contributed by atoms with E-state index in [0.29, 0.717) is 6.54 Å². The number of likely N-dealkylation sites (N-methyl/N-ethyl adjacent to an activating group) is 1. The molecule has 2 nitrogen and oxygen atoms in total. The molecule has 0 fully saturated rings. The third-order valence-corrected chi connectivity index (χ3v) is 2.76. The number of carbonyl (C=O) groups excluding carboxylic acids is 1. The van der Waals surface area contributed by atoms with Gasteiger partial charge in [-0.25, -0.2) is 0 Å². The van der Waals surface area contributed by atoms with Crippen molar-refractivity contribution in [2.75, 3.05) is 18.5 Å². The fourth-order valence-corrected chi connectivity index (χ4v) is 1.76. The van der Waals surface area contributed by atoms with Crippen LogP contribution in [0, 0.1) is 0 Å². The Bertz CT molecular complexity index is 476. The maximum Gasteiger partial charge on any atom is 0.139 e. The lowest BCUT2D eigenvalue weighted by Gasteiger charge is -2.16. The van der Waals surface area contributed by atoms with E-state index in [1.54, 1.807) is 0 Å². The summed E-state index contributed by atoms with van der Waals surface area (Å²) >= 11 is 0. The minimum Gasteiger partial charge on any atom is -0.368 e. The van der Waals surface area contributed by atoms with Crippen LogP contribution in [0.2, 0.25) is 0 Å². The molecule has 0 bridgehead atoms. The third-order valence-electron chi connectivity index (χ3n) is 2.76. The zero-order valence-corrected chi connectivity index (χ0v) is 9.84. The smallest absolute Gasteiger partial charge is 0.139 e. The molecule has 0 N–H and O–H groups in total. The van der Waals surface area contributed by atoms with Crippen molar-refractivity contribution in [3.05, 3.63) is 54.6 Å². The van der Waals surface area contributed by atoms with Crippen molar-refractivity contribution in [3.8, 4) is 11.1 Å². The van der Waals surface area contributed by atoms with Crippen LogP contribution < -0.4 is 4.90 Å². The van der Waals surface area contributed by atoms with Crippen LogP contribution in [0.3, 0.4) is 0 Å². The molecule has 0 aromatic heterocycles. The van der Waals surface area contributed by atoms with E-state index in [-0.39, 0.29) is 0 Å². The van der Waals surface area contributed by atoms with Gasteiger partial charge in [0.1, 0.15) is 6.29 Å². The molecule has 0 amide bonds. The minimum atomic E-state index is 0.421. The molecule has 0 unspecified atom stereocenters. The fraction of sp³-hybridized carbons (Fsp3) is 0.133. The Labute approximate surface area is 102 Å². The number of anilines is 1. The van der Waals surface area contributed by atoms with Crippen molar-refractivity contribution in [1.82, 2.24) is 0 Å². The zero-order valence-electron chi connectivity index (χ0n) is 9.84. The summed E-state index contributed by atoms with van der Waals surface area (Å²) in [5.74, 6) is 0. The number of benzene rings is 2. The summed E-state index contributed by atoms with van der Waals surface area (Å²) in [4.78, 5) is 12.4. The molecule has 0 saturated heterocycles. The highest BCUT2D eigenvalue weighted by atomic mass is 16.1. The summed E-state index contributed by atoms with van der Waals surface area (Å²) in [5, 5.41) is 0. The molecular formula is C15H15NO. The maximum atomic E-state index is 10.4. The topological polar surface area (TPSA) is 20.3 Å². The first-order valence-corrected chi connectivity index (χ1v) is 5.61. The first-order valence-electron chi connectivity index (χ1n) is 5.61. The van der Waals surface area contributed by atoms with Gasteiger partial charge < -0.3 is 9.69 Å². The van der Waals surface area contributed by atoms with Gasteiger partial charge in [-0.05, 0) is 23.3 Å². The molecule has 0 heterocycles. The lowest BCUT2D eigenvalue weighted by molar-refractivity contribution is -0.106. The van der Waals surface area contributed by atoms with Gasteiger partial charge >= 0.3 is 0 Å². The molecule has 2 aromatic carbocycles. The average molecular weight is 225 g/mol. The molecule has 2 rings (SSSR count). The Hall–Kier alpha value is -2.09. The second kappa shape index (κ2) is 5.30. The van der Waals surface area contributed by atoms with Gasteiger partial charge in [0.2, 0.25) is 0 Å². The van der Waals surface area contributed by atoms with Crippen LogP contribution in [-0.2, 0) is 4.79 Å². The highest BCUT2D eigenvalue weighted by molar-refractivity contribution is 5.67. The van der Waals surface area contributed by atoms with E-state index in [1.807, 2.05) is 42.3 Å². The molecule has 0 saturated carbocycles. The molecule has 0 atom stereocenters. The number of hydrogen-bond donors (Lipinski definition) is 0. The lowest BCUT2D eigenvalue weighted by Crippen LogP contribution is -2.18. The van der Waals surface area contributed by atoms with Crippen LogP contribution in [0.4, 0.5) is 5.69 Å². The predicted molar refractivity (Wildman–Crippen MR) is 71.2 cm³/mol. The molecule has 2 heteroatoms. The van der Waals surface area contributed by atoms with Crippen LogP contribution >= 0.6 is 0 Å². The summed E-state index contributed by atoms with van der Waals surface area (Å²) in [6.07, 6.45) is 0.908. The summed E-state index contributed by atoms with van der Waals surface area (Å²) < 4.78 is 0. The normalized spacial score (nSPS) is 9.94. The van der Waals surface area contributed by atoms with Crippen LogP contribution in [-0.4, -0.2) is 19.9 Å². The lowest BCUT2D eigenvalue weighted by atomic mass is 10.1. The summed E-state index contributed by atoms with van der Waals surface area (Å²) in [6, 6.07) is 18.5. The van der Waals surface area contributed by atoms with Gasteiger partial charge in [-0.15, -0.1) is 0 Å². The molecule has 2 aromatic rings. The standard InChI is InChI=1S/C15H15NO/c1-16(11-12-17)15-9-7-14(8-10-15)13-5-3-2-4-6-13/h2-10,12H,11H2,1H3. The molecule has 0 spiro atoms. The van der Waals surface area contributed by atoms with Gasteiger partial charge in [0.25, 0.3) is 0 Å². The quantitative estimate of drug-likeness (QED) is 0.745. The number of hydrogen-bond acceptors (Lipinski definition) is 2. The van der Waals surface area contributed by atoms with E-state index in [0.717, 1.165) is 12.0 Å². The Kier molecular flexibility index (Phi) is 3.55. The van der Waals surface area contributed by atoms with Gasteiger partial charge in [-0.2, -0.15) is 0 Å². The van der Waals surface area contributed by atoms with Crippen LogP contribution in [0.15, 0.2) is 54.6 Å². The van der Waals surface area contributed by atoms with Gasteiger partial charge in [-0.1, -0.05) is 42.5 Å². The molecular weight excluding hydrogens is 210 g/mol. The van der Waals surface area contributed by atoms with E-state index < -0.39 is 0 Å². The van der Waals surface area contributed by atoms with E-state index in [4.69, 9.17) is 0 Å². The second-order valence-electron chi connectivity index (χ2n) is 3.96. The van der Waals surface area contributed by atoms with E-state index in [9.17, 15) is 4.79 Å². The van der Waals surface area contributed by atoms with Crippen molar-refractivity contribution >= 4 is 12.0 Å². The van der Waals surface area contributed by atoms with Crippen molar-refractivity contribution in [2.24, 2.45) is 0 Å². The highest BCUT2D eigenvalue weighted by Gasteiger charge is 2.00. The first kappa shape index (κ1) is 11.4. The average Bonchev–Trinajstić information content (AvgIpc) is 2.40. The Morgan fingerprint density at radius 3 is 2.12 bits per heavy atom. The van der Waals surface area contributed by atoms with Crippen molar-refractivity contribution < 1.29 is 4.79 Å². The van der Waals surface area contributed by atoms with Crippen molar-refractivity contribution in [2.45, 2.75) is 0 Å². The van der Waals surface area contributed by atoms with Gasteiger partial charge in [0.15, 0.2) is 0 Å². The van der Waals surface area contributed by atoms with E-state index >= 15 is 0 Å². The van der Waals surface area contributed by atoms with Gasteiger partial charge in [-0.3, -0.25) is 0 Å². The molecule has 0 aliphatic carbocycles. The summed E-state index contributed by atoms with van der Waals surface area (Å²) in [5.41, 5.74) is 3.45. The Balaban J connectivity index is 2.21. The fourth-order valence-electron chi connectivity index (χ4n) is 1.76. The van der Waals surface area contributed by atoms with Crippen molar-refractivity contribution in [1.29, 1.82) is 0 Å². The molecule has 17 heavy (non-hydrogen) atoms. The van der Waals surface area contributed by atoms with Gasteiger partial charge in [0.05, 0.1) is 6.54 Å². The van der Waals surface area contributed by atoms with E-state index in [2.05, 4.69) is 24.3 Å². The summed E-state index contributed by atoms with van der Waals surface area (Å²) in [7, 11) is 1.91. The molecule has 0 aliphatic rings. The Morgan fingerprint density at radius 2 is 1.53 bits per heavy atom. The summed E-state index contributed by atoms with van der Waals surface area (Å²) in [6.45, 7) is 0.421. The van der Waals surface area contributed by atoms with Crippen molar-refractivity contribution in [3.63, 3.8) is 0 Å². The van der Waals surface area contributed by atoms with E-state index in [1.165, 1.54) is 11.1 Å². The number of rotatable bonds is 4. The number of nitrogens with zero attached hydrogens (tertiary/aromatic N) is 1. The zero-order chi connectivity index (χ0) is 12.1. The first-order chi connectivity index (χ1) is 8.31. The second-order valence-corrected chi connectivity index (χ2v) is 3.96. The van der Waals surface area contributed by atoms with Crippen LogP contribution in [0.5, 0.6) is 0 Å². The van der Waals surface area contributed by atoms with Crippen LogP contribution in [0.1, 0.15) is 0 Å². The van der Waals surface area contributed by atoms with Crippen LogP contribution in [0.25, 0.3) is 11.1 Å². The van der Waals surface area contributed by atoms with Gasteiger partial charge in [0, 0.05) is 12.7 Å². The monoisotopic (exact) mass is 225 g/mol. The number of carbonyl (C=O) groups is 1. The third kappa shape index (κ3) is 2.72. The predicted octanol–water partition coefficient (Wildman–Crippen LogP) is 2.99.